The van der Waals surface area contributed by atoms with E-state index in [1.807, 2.05) is 6.92 Å². The Balaban J connectivity index is 2.03. The van der Waals surface area contributed by atoms with E-state index in [0.717, 1.165) is 36.6 Å². The van der Waals surface area contributed by atoms with Crippen molar-refractivity contribution in [2.24, 2.45) is 0 Å². The van der Waals surface area contributed by atoms with E-state index in [1.165, 1.54) is 6.42 Å². The van der Waals surface area contributed by atoms with Crippen LogP contribution in [0.1, 0.15) is 30.0 Å². The van der Waals surface area contributed by atoms with Crippen molar-refractivity contribution in [1.82, 2.24) is 15.2 Å². The quantitative estimate of drug-likeness (QED) is 0.889. The minimum absolute atomic E-state index is 0.0259. The molecular weight excluding hydrogens is 234 g/mol. The minimum Gasteiger partial charge on any atom is -0.358 e. The number of carbonyl (C=O) groups is 1. The van der Waals surface area contributed by atoms with Gasteiger partial charge < -0.3 is 5.32 Å². The molecule has 1 fully saturated rings. The van der Waals surface area contributed by atoms with Gasteiger partial charge in [-0.3, -0.25) is 9.69 Å². The van der Waals surface area contributed by atoms with Crippen LogP contribution in [-0.2, 0) is 11.3 Å². The Morgan fingerprint density at radius 3 is 3.12 bits per heavy atom. The second-order valence-corrected chi connectivity index (χ2v) is 5.42. The van der Waals surface area contributed by atoms with Crippen LogP contribution in [0.4, 0.5) is 0 Å². The van der Waals surface area contributed by atoms with Gasteiger partial charge in [-0.2, -0.15) is 0 Å². The predicted molar refractivity (Wildman–Crippen MR) is 69.0 cm³/mol. The molecule has 0 aromatic carbocycles. The van der Waals surface area contributed by atoms with Crippen molar-refractivity contribution in [1.29, 1.82) is 0 Å². The third kappa shape index (κ3) is 3.04. The molecule has 17 heavy (non-hydrogen) atoms. The van der Waals surface area contributed by atoms with Crippen LogP contribution in [0, 0.1) is 6.92 Å². The lowest BCUT2D eigenvalue weighted by Gasteiger charge is -2.33. The molecule has 1 aromatic rings. The van der Waals surface area contributed by atoms with Crippen molar-refractivity contribution in [2.75, 3.05) is 13.6 Å². The molecule has 1 atom stereocenters. The van der Waals surface area contributed by atoms with E-state index in [2.05, 4.69) is 20.6 Å². The fourth-order valence-corrected chi connectivity index (χ4v) is 3.09. The second-order valence-electron chi connectivity index (χ2n) is 4.48. The number of rotatable bonds is 3. The number of likely N-dealkylation sites (N-methyl/N-ethyl adjacent to an activating group) is 1. The fourth-order valence-electron chi connectivity index (χ4n) is 2.29. The maximum Gasteiger partial charge on any atom is 0.237 e. The van der Waals surface area contributed by atoms with Crippen LogP contribution in [-0.4, -0.2) is 35.4 Å². The van der Waals surface area contributed by atoms with E-state index in [1.54, 1.807) is 18.4 Å². The van der Waals surface area contributed by atoms with Gasteiger partial charge in [-0.05, 0) is 26.3 Å². The van der Waals surface area contributed by atoms with Gasteiger partial charge in [-0.15, -0.1) is 11.3 Å². The lowest BCUT2D eigenvalue weighted by molar-refractivity contribution is -0.127. The molecule has 0 bridgehead atoms. The molecule has 94 valence electrons. The highest BCUT2D eigenvalue weighted by Crippen LogP contribution is 2.21. The van der Waals surface area contributed by atoms with Crippen LogP contribution in [0.5, 0.6) is 0 Å². The van der Waals surface area contributed by atoms with Gasteiger partial charge in [0.05, 0.1) is 12.6 Å². The number of carbonyl (C=O) groups excluding carboxylic acids is 1. The molecule has 0 unspecified atom stereocenters. The third-order valence-electron chi connectivity index (χ3n) is 3.17. The van der Waals surface area contributed by atoms with Crippen molar-refractivity contribution in [3.63, 3.8) is 0 Å². The average molecular weight is 253 g/mol. The second kappa shape index (κ2) is 5.60. The van der Waals surface area contributed by atoms with Crippen LogP contribution in [0.2, 0.25) is 0 Å². The zero-order valence-electron chi connectivity index (χ0n) is 10.4. The first-order chi connectivity index (χ1) is 8.20. The van der Waals surface area contributed by atoms with E-state index in [-0.39, 0.29) is 11.9 Å². The third-order valence-corrected chi connectivity index (χ3v) is 4.12. The molecule has 5 heteroatoms. The largest absolute Gasteiger partial charge is 0.358 e. The number of likely N-dealkylation sites (tertiary alicyclic amines) is 1. The average Bonchev–Trinajstić information content (AvgIpc) is 2.74. The normalized spacial score (nSPS) is 21.4. The molecule has 1 N–H and O–H groups in total. The van der Waals surface area contributed by atoms with Crippen molar-refractivity contribution in [3.8, 4) is 0 Å². The highest BCUT2D eigenvalue weighted by Gasteiger charge is 2.28. The number of thiazole rings is 1. The summed E-state index contributed by atoms with van der Waals surface area (Å²) in [7, 11) is 1.71. The number of amides is 1. The molecule has 0 saturated carbocycles. The van der Waals surface area contributed by atoms with Gasteiger partial charge in [-0.25, -0.2) is 4.98 Å². The molecule has 1 amide bonds. The van der Waals surface area contributed by atoms with Crippen LogP contribution in [0.25, 0.3) is 0 Å². The van der Waals surface area contributed by atoms with Gasteiger partial charge in [0, 0.05) is 18.1 Å². The standard InChI is InChI=1S/C12H19N3OS/c1-9-8-17-11(14-9)7-15-6-4-3-5-10(15)12(16)13-2/h8,10H,3-7H2,1-2H3,(H,13,16)/t10-/m0/s1. The molecule has 2 rings (SSSR count). The molecule has 1 aromatic heterocycles. The minimum atomic E-state index is 0.0259. The summed E-state index contributed by atoms with van der Waals surface area (Å²) in [5.74, 6) is 0.137. The Labute approximate surface area is 106 Å². The lowest BCUT2D eigenvalue weighted by atomic mass is 10.0. The Morgan fingerprint density at radius 1 is 1.65 bits per heavy atom. The summed E-state index contributed by atoms with van der Waals surface area (Å²) in [6.45, 7) is 3.81. The Bertz CT molecular complexity index is 391. The van der Waals surface area contributed by atoms with E-state index < -0.39 is 0 Å². The van der Waals surface area contributed by atoms with Crippen LogP contribution < -0.4 is 5.32 Å². The van der Waals surface area contributed by atoms with Crippen molar-refractivity contribution < 1.29 is 4.79 Å². The Hall–Kier alpha value is -0.940. The summed E-state index contributed by atoms with van der Waals surface area (Å²) in [6, 6.07) is 0.0259. The number of hydrogen-bond acceptors (Lipinski definition) is 4. The molecule has 0 spiro atoms. The SMILES string of the molecule is CNC(=O)[C@@H]1CCCCN1Cc1nc(C)cs1. The predicted octanol–water partition coefficient (Wildman–Crippen LogP) is 1.55. The first-order valence-electron chi connectivity index (χ1n) is 6.07. The smallest absolute Gasteiger partial charge is 0.237 e. The molecule has 2 heterocycles. The van der Waals surface area contributed by atoms with Gasteiger partial charge in [-0.1, -0.05) is 6.42 Å². The fraction of sp³-hybridized carbons (Fsp3) is 0.667. The number of aryl methyl sites for hydroxylation is 1. The molecular formula is C12H19N3OS. The van der Waals surface area contributed by atoms with Gasteiger partial charge in [0.15, 0.2) is 0 Å². The zero-order chi connectivity index (χ0) is 12.3. The molecule has 1 aliphatic heterocycles. The van der Waals surface area contributed by atoms with Crippen molar-refractivity contribution in [3.05, 3.63) is 16.1 Å². The maximum absolute atomic E-state index is 11.8. The van der Waals surface area contributed by atoms with Crippen LogP contribution in [0.3, 0.4) is 0 Å². The van der Waals surface area contributed by atoms with E-state index in [4.69, 9.17) is 0 Å². The Kier molecular flexibility index (Phi) is 4.12. The highest BCUT2D eigenvalue weighted by molar-refractivity contribution is 7.09. The summed E-state index contributed by atoms with van der Waals surface area (Å²) in [5, 5.41) is 5.93. The number of nitrogens with one attached hydrogen (secondary N) is 1. The van der Waals surface area contributed by atoms with E-state index in [9.17, 15) is 4.79 Å². The summed E-state index contributed by atoms with van der Waals surface area (Å²) < 4.78 is 0. The van der Waals surface area contributed by atoms with Gasteiger partial charge in [0.1, 0.15) is 5.01 Å². The first-order valence-corrected chi connectivity index (χ1v) is 6.95. The molecule has 0 aliphatic carbocycles. The molecule has 1 aliphatic rings. The van der Waals surface area contributed by atoms with Gasteiger partial charge in [0.2, 0.25) is 5.91 Å². The van der Waals surface area contributed by atoms with E-state index >= 15 is 0 Å². The molecule has 1 saturated heterocycles. The van der Waals surface area contributed by atoms with Gasteiger partial charge >= 0.3 is 0 Å². The van der Waals surface area contributed by atoms with Gasteiger partial charge in [0.25, 0.3) is 0 Å². The molecule has 0 radical (unpaired) electrons. The maximum atomic E-state index is 11.8. The topological polar surface area (TPSA) is 45.2 Å². The molecule has 4 nitrogen and oxygen atoms in total. The number of piperidine rings is 1. The summed E-state index contributed by atoms with van der Waals surface area (Å²) in [6.07, 6.45) is 3.29. The zero-order valence-corrected chi connectivity index (χ0v) is 11.2. The highest BCUT2D eigenvalue weighted by atomic mass is 32.1. The van der Waals surface area contributed by atoms with E-state index in [0.29, 0.717) is 0 Å². The number of aromatic nitrogens is 1. The lowest BCUT2D eigenvalue weighted by Crippen LogP contribution is -2.48. The van der Waals surface area contributed by atoms with Crippen molar-refractivity contribution in [2.45, 2.75) is 38.8 Å². The summed E-state index contributed by atoms with van der Waals surface area (Å²) in [5.41, 5.74) is 1.07. The monoisotopic (exact) mass is 253 g/mol. The van der Waals surface area contributed by atoms with Crippen LogP contribution in [0.15, 0.2) is 5.38 Å². The number of nitrogens with zero attached hydrogens (tertiary/aromatic N) is 2. The van der Waals surface area contributed by atoms with Crippen LogP contribution >= 0.6 is 11.3 Å². The van der Waals surface area contributed by atoms with Crippen molar-refractivity contribution >= 4 is 17.2 Å². The Morgan fingerprint density at radius 2 is 2.47 bits per heavy atom. The summed E-state index contributed by atoms with van der Waals surface area (Å²) >= 11 is 1.68. The first kappa shape index (κ1) is 12.5. The summed E-state index contributed by atoms with van der Waals surface area (Å²) in [4.78, 5) is 18.5. The number of hydrogen-bond donors (Lipinski definition) is 1.